The number of amides is 1. The Labute approximate surface area is 257 Å². The van der Waals surface area contributed by atoms with Gasteiger partial charge in [-0.25, -0.2) is 4.57 Å². The summed E-state index contributed by atoms with van der Waals surface area (Å²) in [6, 6.07) is -0.862. The van der Waals surface area contributed by atoms with Gasteiger partial charge in [-0.2, -0.15) is 0 Å². The Morgan fingerprint density at radius 1 is 0.786 bits per heavy atom. The van der Waals surface area contributed by atoms with E-state index in [2.05, 4.69) is 43.5 Å². The van der Waals surface area contributed by atoms with Crippen LogP contribution in [0.25, 0.3) is 0 Å². The van der Waals surface area contributed by atoms with Gasteiger partial charge in [0, 0.05) is 6.42 Å². The first kappa shape index (κ1) is 40.7. The van der Waals surface area contributed by atoms with E-state index in [4.69, 9.17) is 9.05 Å². The molecule has 0 saturated heterocycles. The first-order valence-corrected chi connectivity index (χ1v) is 17.9. The summed E-state index contributed by atoms with van der Waals surface area (Å²) in [4.78, 5) is 22.8. The van der Waals surface area contributed by atoms with Crippen molar-refractivity contribution in [3.63, 3.8) is 0 Å². The number of quaternary nitrogens is 1. The van der Waals surface area contributed by atoms with E-state index in [0.29, 0.717) is 17.4 Å². The van der Waals surface area contributed by atoms with E-state index in [1.807, 2.05) is 27.2 Å². The maximum atomic E-state index is 12.7. The maximum Gasteiger partial charge on any atom is 0.472 e. The molecule has 0 radical (unpaired) electrons. The molecule has 0 aromatic carbocycles. The van der Waals surface area contributed by atoms with Crippen molar-refractivity contribution >= 4 is 13.7 Å². The van der Waals surface area contributed by atoms with E-state index >= 15 is 0 Å². The molecule has 42 heavy (non-hydrogen) atoms. The molecule has 0 aliphatic rings. The Hall–Kier alpha value is -1.28. The molecule has 3 unspecified atom stereocenters. The molecule has 0 fully saturated rings. The zero-order chi connectivity index (χ0) is 31.5. The van der Waals surface area contributed by atoms with Gasteiger partial charge < -0.3 is 19.8 Å². The second-order valence-electron chi connectivity index (χ2n) is 12.2. The molecule has 0 aromatic heterocycles. The predicted molar refractivity (Wildman–Crippen MR) is 175 cm³/mol. The highest BCUT2D eigenvalue weighted by Crippen LogP contribution is 2.43. The lowest BCUT2D eigenvalue weighted by atomic mass is 10.1. The van der Waals surface area contributed by atoms with Crippen LogP contribution in [0.5, 0.6) is 0 Å². The topological polar surface area (TPSA) is 105 Å². The van der Waals surface area contributed by atoms with Crippen LogP contribution >= 0.6 is 7.82 Å². The third-order valence-electron chi connectivity index (χ3n) is 6.83. The summed E-state index contributed by atoms with van der Waals surface area (Å²) in [6.45, 7) is 4.65. The molecule has 0 saturated carbocycles. The summed E-state index contributed by atoms with van der Waals surface area (Å²) in [6.07, 6.45) is 27.9. The van der Waals surface area contributed by atoms with Crippen LogP contribution in [0, 0.1) is 0 Å². The number of phosphoric ester groups is 1. The smallest absolute Gasteiger partial charge is 0.387 e. The molecule has 0 rings (SSSR count). The maximum absolute atomic E-state index is 12.7. The molecule has 8 nitrogen and oxygen atoms in total. The van der Waals surface area contributed by atoms with Crippen LogP contribution in [0.1, 0.15) is 117 Å². The van der Waals surface area contributed by atoms with Gasteiger partial charge in [0.2, 0.25) is 5.91 Å². The van der Waals surface area contributed by atoms with E-state index in [1.54, 1.807) is 6.08 Å². The summed E-state index contributed by atoms with van der Waals surface area (Å²) in [7, 11) is 1.53. The quantitative estimate of drug-likeness (QED) is 0.0362. The molecule has 3 atom stereocenters. The zero-order valence-electron chi connectivity index (χ0n) is 27.5. The molecular weight excluding hydrogens is 551 g/mol. The van der Waals surface area contributed by atoms with Gasteiger partial charge in [0.15, 0.2) is 0 Å². The Kier molecular flexibility index (Phi) is 25.4. The van der Waals surface area contributed by atoms with Gasteiger partial charge >= 0.3 is 7.82 Å². The molecule has 9 heteroatoms. The van der Waals surface area contributed by atoms with Crippen LogP contribution in [0.2, 0.25) is 0 Å². The van der Waals surface area contributed by atoms with Crippen molar-refractivity contribution < 1.29 is 32.9 Å². The number of phosphoric acid groups is 1. The number of allylic oxidation sites excluding steroid dienone is 5. The lowest BCUT2D eigenvalue weighted by Crippen LogP contribution is -2.45. The number of carbonyl (C=O) groups excluding carboxylic acids is 1. The Balaban J connectivity index is 4.74. The molecule has 0 aliphatic carbocycles. The van der Waals surface area contributed by atoms with E-state index < -0.39 is 20.0 Å². The third-order valence-corrected chi connectivity index (χ3v) is 7.82. The Morgan fingerprint density at radius 2 is 1.33 bits per heavy atom. The van der Waals surface area contributed by atoms with Crippen molar-refractivity contribution in [3.8, 4) is 0 Å². The number of hydrogen-bond acceptors (Lipinski definition) is 5. The van der Waals surface area contributed by atoms with Gasteiger partial charge in [-0.3, -0.25) is 13.8 Å². The molecule has 1 amide bonds. The monoisotopic (exact) mass is 615 g/mol. The molecule has 0 spiro atoms. The van der Waals surface area contributed by atoms with Crippen molar-refractivity contribution in [3.05, 3.63) is 36.5 Å². The fourth-order valence-corrected chi connectivity index (χ4v) is 4.83. The van der Waals surface area contributed by atoms with E-state index in [-0.39, 0.29) is 19.1 Å². The van der Waals surface area contributed by atoms with Gasteiger partial charge in [0.25, 0.3) is 0 Å². The number of nitrogens with one attached hydrogen (secondary N) is 1. The van der Waals surface area contributed by atoms with Crippen LogP contribution in [0.15, 0.2) is 36.5 Å². The second kappa shape index (κ2) is 26.2. The van der Waals surface area contributed by atoms with Crippen LogP contribution in [-0.2, 0) is 18.4 Å². The Morgan fingerprint density at radius 3 is 1.95 bits per heavy atom. The minimum atomic E-state index is -4.33. The summed E-state index contributed by atoms with van der Waals surface area (Å²) in [5, 5.41) is 13.6. The van der Waals surface area contributed by atoms with Crippen molar-refractivity contribution in [2.45, 2.75) is 129 Å². The molecular formula is C33H64N2O6P+. The van der Waals surface area contributed by atoms with Crippen LogP contribution in [-0.4, -0.2) is 73.4 Å². The number of unbranched alkanes of at least 4 members (excludes halogenated alkanes) is 11. The average molecular weight is 616 g/mol. The standard InChI is InChI=1S/C33H63N2O6P/c1-6-8-10-12-14-16-18-20-22-24-26-32(36)31(30-41-42(38,39)40-29-28-35(3,4)5)34-33(37)27-25-23-21-19-17-15-13-11-9-7-2/h13,15-16,18,24,26,31-32,36H,6-12,14,17,19-23,25,27-30H2,1-5H3,(H-,34,37,38,39)/p+1/b15-13-,18-16+,26-24+. The summed E-state index contributed by atoms with van der Waals surface area (Å²) in [5.41, 5.74) is 0. The van der Waals surface area contributed by atoms with E-state index in [1.165, 1.54) is 38.5 Å². The minimum absolute atomic E-state index is 0.0530. The first-order chi connectivity index (χ1) is 20.0. The number of carbonyl (C=O) groups is 1. The first-order valence-electron chi connectivity index (χ1n) is 16.4. The fraction of sp³-hybridized carbons (Fsp3) is 0.788. The van der Waals surface area contributed by atoms with Crippen molar-refractivity contribution in [1.82, 2.24) is 5.32 Å². The van der Waals surface area contributed by atoms with E-state index in [9.17, 15) is 19.4 Å². The molecule has 0 bridgehead atoms. The van der Waals surface area contributed by atoms with Crippen LogP contribution in [0.4, 0.5) is 0 Å². The van der Waals surface area contributed by atoms with Gasteiger partial charge in [-0.1, -0.05) is 95.2 Å². The van der Waals surface area contributed by atoms with E-state index in [0.717, 1.165) is 57.8 Å². The number of likely N-dealkylation sites (N-methyl/N-ethyl adjacent to an activating group) is 1. The van der Waals surface area contributed by atoms with Gasteiger partial charge in [0.1, 0.15) is 13.2 Å². The van der Waals surface area contributed by atoms with Gasteiger partial charge in [-0.15, -0.1) is 0 Å². The van der Waals surface area contributed by atoms with Crippen molar-refractivity contribution in [2.75, 3.05) is 40.9 Å². The summed E-state index contributed by atoms with van der Waals surface area (Å²) >= 11 is 0. The molecule has 246 valence electrons. The summed E-state index contributed by atoms with van der Waals surface area (Å²) < 4.78 is 23.3. The number of hydrogen-bond donors (Lipinski definition) is 3. The minimum Gasteiger partial charge on any atom is -0.387 e. The van der Waals surface area contributed by atoms with Crippen molar-refractivity contribution in [2.24, 2.45) is 0 Å². The summed E-state index contributed by atoms with van der Waals surface area (Å²) in [5.74, 6) is -0.208. The number of rotatable bonds is 28. The largest absolute Gasteiger partial charge is 0.472 e. The normalized spacial score (nSPS) is 15.5. The average Bonchev–Trinajstić information content (AvgIpc) is 2.92. The number of aliphatic hydroxyl groups is 1. The second-order valence-corrected chi connectivity index (χ2v) is 13.6. The Bertz CT molecular complexity index is 794. The predicted octanol–water partition coefficient (Wildman–Crippen LogP) is 7.62. The van der Waals surface area contributed by atoms with Crippen molar-refractivity contribution in [1.29, 1.82) is 0 Å². The SMILES string of the molecule is CCCC/C=C\CCCCCCC(=O)NC(COP(=O)(O)OCC[N+](C)(C)C)C(O)/C=C/CC/C=C/CCCCCC. The highest BCUT2D eigenvalue weighted by Gasteiger charge is 2.27. The van der Waals surface area contributed by atoms with Crippen LogP contribution < -0.4 is 5.32 Å². The van der Waals surface area contributed by atoms with Crippen LogP contribution in [0.3, 0.4) is 0 Å². The molecule has 0 aromatic rings. The fourth-order valence-electron chi connectivity index (χ4n) is 4.09. The highest BCUT2D eigenvalue weighted by molar-refractivity contribution is 7.47. The third kappa shape index (κ3) is 27.5. The number of nitrogens with zero attached hydrogens (tertiary/aromatic N) is 1. The molecule has 3 N–H and O–H groups in total. The van der Waals surface area contributed by atoms with Gasteiger partial charge in [0.05, 0.1) is 39.9 Å². The lowest BCUT2D eigenvalue weighted by molar-refractivity contribution is -0.870. The lowest BCUT2D eigenvalue weighted by Gasteiger charge is -2.25. The highest BCUT2D eigenvalue weighted by atomic mass is 31.2. The molecule has 0 heterocycles. The zero-order valence-corrected chi connectivity index (χ0v) is 28.4. The number of aliphatic hydroxyl groups excluding tert-OH is 1. The van der Waals surface area contributed by atoms with Gasteiger partial charge in [-0.05, 0) is 51.4 Å². The molecule has 0 aliphatic heterocycles.